The van der Waals surface area contributed by atoms with Crippen LogP contribution in [0.15, 0.2) is 66.9 Å². The summed E-state index contributed by atoms with van der Waals surface area (Å²) in [5.74, 6) is -0.752. The second-order valence-corrected chi connectivity index (χ2v) is 6.63. The fourth-order valence-corrected chi connectivity index (χ4v) is 2.72. The molecule has 28 heavy (non-hydrogen) atoms. The number of aryl methyl sites for hydroxylation is 1. The van der Waals surface area contributed by atoms with Gasteiger partial charge in [-0.25, -0.2) is 4.79 Å². The second kappa shape index (κ2) is 8.95. The fraction of sp³-hybridized carbons (Fsp3) is 0.174. The van der Waals surface area contributed by atoms with Gasteiger partial charge in [0.25, 0.3) is 0 Å². The summed E-state index contributed by atoms with van der Waals surface area (Å²) >= 11 is 0. The number of aromatic nitrogens is 2. The number of esters is 1. The summed E-state index contributed by atoms with van der Waals surface area (Å²) < 4.78 is 6.74. The number of carbonyl (C=O) groups is 2. The summed E-state index contributed by atoms with van der Waals surface area (Å²) in [5.41, 5.74) is 4.90. The summed E-state index contributed by atoms with van der Waals surface area (Å²) in [6.45, 7) is 3.84. The number of nitrogens with zero attached hydrogens (tertiary/aromatic N) is 2. The highest BCUT2D eigenvalue weighted by Gasteiger charge is 2.10. The molecule has 3 aromatic rings. The molecule has 0 fully saturated rings. The Morgan fingerprint density at radius 2 is 1.79 bits per heavy atom. The standard InChI is InChI=1S/C23H22N2O3/c1-17-8-10-19(11-9-17)14-25-15-21(12-13-22(27)28-16-18(2)26)23(24-25)20-6-4-3-5-7-20/h3-13,15H,14,16H2,1-2H3/b13-12+. The third kappa shape index (κ3) is 5.27. The average Bonchev–Trinajstić information content (AvgIpc) is 3.10. The number of carbonyl (C=O) groups excluding carboxylic acids is 2. The number of rotatable bonds is 7. The number of hydrogen-bond acceptors (Lipinski definition) is 4. The van der Waals surface area contributed by atoms with E-state index in [2.05, 4.69) is 31.2 Å². The van der Waals surface area contributed by atoms with Crippen molar-refractivity contribution in [2.45, 2.75) is 20.4 Å². The van der Waals surface area contributed by atoms with Crippen LogP contribution < -0.4 is 0 Å². The Kier molecular flexibility index (Phi) is 6.17. The van der Waals surface area contributed by atoms with Crippen LogP contribution >= 0.6 is 0 Å². The lowest BCUT2D eigenvalue weighted by molar-refractivity contribution is -0.142. The number of ether oxygens (including phenoxy) is 1. The van der Waals surface area contributed by atoms with Crippen molar-refractivity contribution in [2.24, 2.45) is 0 Å². The largest absolute Gasteiger partial charge is 0.455 e. The van der Waals surface area contributed by atoms with Gasteiger partial charge < -0.3 is 4.74 Å². The van der Waals surface area contributed by atoms with Crippen LogP contribution in [0.3, 0.4) is 0 Å². The number of Topliss-reactive ketones (excluding diaryl/α,β-unsaturated/α-hetero) is 1. The minimum atomic E-state index is -0.555. The molecular weight excluding hydrogens is 352 g/mol. The molecule has 0 atom stereocenters. The van der Waals surface area contributed by atoms with Gasteiger partial charge in [-0.3, -0.25) is 9.48 Å². The summed E-state index contributed by atoms with van der Waals surface area (Å²) in [6.07, 6.45) is 4.89. The zero-order valence-electron chi connectivity index (χ0n) is 16.0. The topological polar surface area (TPSA) is 61.2 Å². The Hall–Kier alpha value is -3.47. The van der Waals surface area contributed by atoms with Gasteiger partial charge in [0, 0.05) is 23.4 Å². The van der Waals surface area contributed by atoms with Crippen LogP contribution in [-0.4, -0.2) is 28.1 Å². The molecular formula is C23H22N2O3. The van der Waals surface area contributed by atoms with Crippen LogP contribution in [-0.2, 0) is 20.9 Å². The van der Waals surface area contributed by atoms with Crippen molar-refractivity contribution in [2.75, 3.05) is 6.61 Å². The van der Waals surface area contributed by atoms with E-state index in [1.807, 2.05) is 41.2 Å². The average molecular weight is 374 g/mol. The van der Waals surface area contributed by atoms with Gasteiger partial charge in [-0.1, -0.05) is 60.2 Å². The van der Waals surface area contributed by atoms with Crippen LogP contribution in [0.4, 0.5) is 0 Å². The SMILES string of the molecule is CC(=O)COC(=O)/C=C/c1cn(Cc2ccc(C)cc2)nc1-c1ccccc1. The Labute approximate surface area is 164 Å². The Balaban J connectivity index is 1.86. The molecule has 2 aromatic carbocycles. The summed E-state index contributed by atoms with van der Waals surface area (Å²) in [6, 6.07) is 18.1. The third-order valence-electron chi connectivity index (χ3n) is 4.12. The van der Waals surface area contributed by atoms with E-state index in [1.165, 1.54) is 18.6 Å². The number of benzene rings is 2. The molecule has 0 amide bonds. The smallest absolute Gasteiger partial charge is 0.331 e. The minimum absolute atomic E-state index is 0.197. The van der Waals surface area contributed by atoms with Crippen LogP contribution in [0.25, 0.3) is 17.3 Å². The fourth-order valence-electron chi connectivity index (χ4n) is 2.72. The van der Waals surface area contributed by atoms with Gasteiger partial charge in [0.1, 0.15) is 6.61 Å². The van der Waals surface area contributed by atoms with Crippen LogP contribution in [0.5, 0.6) is 0 Å². The molecule has 0 spiro atoms. The maximum Gasteiger partial charge on any atom is 0.331 e. The van der Waals surface area contributed by atoms with E-state index < -0.39 is 5.97 Å². The molecule has 0 aliphatic carbocycles. The maximum atomic E-state index is 11.8. The van der Waals surface area contributed by atoms with Gasteiger partial charge in [0.05, 0.1) is 12.2 Å². The molecule has 3 rings (SSSR count). The molecule has 5 heteroatoms. The van der Waals surface area contributed by atoms with Crippen molar-refractivity contribution < 1.29 is 14.3 Å². The first kappa shape index (κ1) is 19.3. The lowest BCUT2D eigenvalue weighted by Crippen LogP contribution is -2.08. The van der Waals surface area contributed by atoms with E-state index in [9.17, 15) is 9.59 Å². The molecule has 1 aromatic heterocycles. The number of ketones is 1. The van der Waals surface area contributed by atoms with E-state index in [-0.39, 0.29) is 12.4 Å². The first-order valence-corrected chi connectivity index (χ1v) is 9.04. The lowest BCUT2D eigenvalue weighted by Gasteiger charge is -2.02. The molecule has 1 heterocycles. The predicted octanol–water partition coefficient (Wildman–Crippen LogP) is 4.05. The summed E-state index contributed by atoms with van der Waals surface area (Å²) in [4.78, 5) is 22.8. The Bertz CT molecular complexity index is 986. The zero-order valence-corrected chi connectivity index (χ0v) is 16.0. The zero-order chi connectivity index (χ0) is 19.9. The monoisotopic (exact) mass is 374 g/mol. The van der Waals surface area contributed by atoms with Gasteiger partial charge in [0.2, 0.25) is 0 Å². The quantitative estimate of drug-likeness (QED) is 0.462. The molecule has 0 unspecified atom stereocenters. The summed E-state index contributed by atoms with van der Waals surface area (Å²) in [7, 11) is 0. The highest BCUT2D eigenvalue weighted by atomic mass is 16.5. The van der Waals surface area contributed by atoms with E-state index in [0.717, 1.165) is 22.4 Å². The second-order valence-electron chi connectivity index (χ2n) is 6.63. The third-order valence-corrected chi connectivity index (χ3v) is 4.12. The molecule has 0 radical (unpaired) electrons. The summed E-state index contributed by atoms with van der Waals surface area (Å²) in [5, 5.41) is 4.71. The molecule has 0 saturated heterocycles. The maximum absolute atomic E-state index is 11.8. The van der Waals surface area contributed by atoms with Crippen LogP contribution in [0.2, 0.25) is 0 Å². The van der Waals surface area contributed by atoms with Crippen molar-refractivity contribution in [1.82, 2.24) is 9.78 Å². The first-order valence-electron chi connectivity index (χ1n) is 9.04. The van der Waals surface area contributed by atoms with E-state index in [4.69, 9.17) is 9.84 Å². The van der Waals surface area contributed by atoms with Crippen molar-refractivity contribution in [3.63, 3.8) is 0 Å². The highest BCUT2D eigenvalue weighted by Crippen LogP contribution is 2.23. The molecule has 5 nitrogen and oxygen atoms in total. The van der Waals surface area contributed by atoms with Crippen molar-refractivity contribution in [3.8, 4) is 11.3 Å². The molecule has 0 aliphatic rings. The van der Waals surface area contributed by atoms with Crippen molar-refractivity contribution in [3.05, 3.63) is 83.6 Å². The molecule has 0 saturated carbocycles. The van der Waals surface area contributed by atoms with E-state index in [0.29, 0.717) is 6.54 Å². The van der Waals surface area contributed by atoms with Gasteiger partial charge >= 0.3 is 5.97 Å². The van der Waals surface area contributed by atoms with Crippen LogP contribution in [0, 0.1) is 6.92 Å². The molecule has 0 N–H and O–H groups in total. The molecule has 0 aliphatic heterocycles. The van der Waals surface area contributed by atoms with E-state index >= 15 is 0 Å². The predicted molar refractivity (Wildman–Crippen MR) is 109 cm³/mol. The van der Waals surface area contributed by atoms with Crippen molar-refractivity contribution >= 4 is 17.8 Å². The highest BCUT2D eigenvalue weighted by molar-refractivity contribution is 5.90. The lowest BCUT2D eigenvalue weighted by atomic mass is 10.1. The Morgan fingerprint density at radius 3 is 2.46 bits per heavy atom. The van der Waals surface area contributed by atoms with Crippen molar-refractivity contribution in [1.29, 1.82) is 0 Å². The van der Waals surface area contributed by atoms with E-state index in [1.54, 1.807) is 6.08 Å². The number of hydrogen-bond donors (Lipinski definition) is 0. The van der Waals surface area contributed by atoms with Gasteiger partial charge in [-0.15, -0.1) is 0 Å². The van der Waals surface area contributed by atoms with Gasteiger partial charge in [0.15, 0.2) is 5.78 Å². The van der Waals surface area contributed by atoms with Gasteiger partial charge in [-0.05, 0) is 25.5 Å². The first-order chi connectivity index (χ1) is 13.5. The minimum Gasteiger partial charge on any atom is -0.455 e. The Morgan fingerprint density at radius 1 is 1.07 bits per heavy atom. The molecule has 142 valence electrons. The normalized spacial score (nSPS) is 10.9. The van der Waals surface area contributed by atoms with Gasteiger partial charge in [-0.2, -0.15) is 5.10 Å². The molecule has 0 bridgehead atoms. The van der Waals surface area contributed by atoms with Crippen LogP contribution in [0.1, 0.15) is 23.6 Å².